The Morgan fingerprint density at radius 1 is 1.55 bits per heavy atom. The van der Waals surface area contributed by atoms with E-state index < -0.39 is 4.92 Å². The lowest BCUT2D eigenvalue weighted by atomic mass is 10.1. The van der Waals surface area contributed by atoms with Crippen LogP contribution in [0.25, 0.3) is 17.0 Å². The Morgan fingerprint density at radius 3 is 3.05 bits per heavy atom. The molecule has 1 aromatic heterocycles. The second-order valence-electron chi connectivity index (χ2n) is 4.30. The summed E-state index contributed by atoms with van der Waals surface area (Å²) in [4.78, 5) is 21.3. The van der Waals surface area contributed by atoms with Crippen molar-refractivity contribution in [3.63, 3.8) is 0 Å². The summed E-state index contributed by atoms with van der Waals surface area (Å²) in [7, 11) is 0. The molecule has 2 N–H and O–H groups in total. The minimum Gasteiger partial charge on any atom is -0.356 e. The Kier molecular flexibility index (Phi) is 4.09. The zero-order valence-electron chi connectivity index (χ0n) is 10.9. The quantitative estimate of drug-likeness (QED) is 0.494. The summed E-state index contributed by atoms with van der Waals surface area (Å²) < 4.78 is 0. The molecule has 0 radical (unpaired) electrons. The van der Waals surface area contributed by atoms with Crippen molar-refractivity contribution in [1.29, 1.82) is 0 Å². The Labute approximate surface area is 114 Å². The summed E-state index contributed by atoms with van der Waals surface area (Å²) in [5.41, 5.74) is 1.37. The maximum Gasteiger partial charge on any atom is 0.280 e. The number of fused-ring (bicyclic) bond motifs is 1. The predicted molar refractivity (Wildman–Crippen MR) is 75.1 cm³/mol. The monoisotopic (exact) mass is 274 g/mol. The molecule has 1 aromatic carbocycles. The van der Waals surface area contributed by atoms with Gasteiger partial charge in [-0.15, -0.1) is 0 Å². The number of benzene rings is 1. The molecule has 2 rings (SSSR count). The Bertz CT molecular complexity index is 675. The molecule has 0 aliphatic rings. The largest absolute Gasteiger partial charge is 0.356 e. The van der Waals surface area contributed by atoms with Crippen LogP contribution in [0.15, 0.2) is 24.4 Å². The van der Waals surface area contributed by atoms with Crippen molar-refractivity contribution in [2.75, 3.05) is 6.54 Å². The maximum absolute atomic E-state index is 11.0. The first-order chi connectivity index (χ1) is 9.58. The average Bonchev–Trinajstić information content (AvgIpc) is 2.84. The number of carbonyl (C=O) groups excluding carboxylic acids is 1. The predicted octanol–water partition coefficient (Wildman–Crippen LogP) is 2.01. The summed E-state index contributed by atoms with van der Waals surface area (Å²) in [6, 6.07) is 3.30. The number of aromatic nitrogens is 2. The third-order valence-corrected chi connectivity index (χ3v) is 2.75. The van der Waals surface area contributed by atoms with Gasteiger partial charge in [0, 0.05) is 19.5 Å². The van der Waals surface area contributed by atoms with Crippen LogP contribution in [0.5, 0.6) is 0 Å². The normalized spacial score (nSPS) is 11.1. The van der Waals surface area contributed by atoms with Gasteiger partial charge in [0.15, 0.2) is 0 Å². The molecular formula is C13H14N4O3. The van der Waals surface area contributed by atoms with Crippen LogP contribution in [-0.4, -0.2) is 27.6 Å². The number of nitrogens with one attached hydrogen (secondary N) is 2. The number of carbonyl (C=O) groups is 1. The molecule has 2 aromatic rings. The van der Waals surface area contributed by atoms with Crippen molar-refractivity contribution in [1.82, 2.24) is 15.5 Å². The van der Waals surface area contributed by atoms with Crippen LogP contribution in [0.2, 0.25) is 0 Å². The minimum atomic E-state index is -0.424. The molecule has 0 saturated carbocycles. The van der Waals surface area contributed by atoms with E-state index in [-0.39, 0.29) is 11.6 Å². The number of nitrogens with zero attached hydrogens (tertiary/aromatic N) is 2. The van der Waals surface area contributed by atoms with E-state index in [1.54, 1.807) is 12.1 Å². The standard InChI is InChI=1S/C13H14N4O3/c1-9(18)14-5-3-2-4-10-6-12-11(8-15-16-12)13(7-10)17(19)20/h2,4,6-8H,3,5H2,1H3,(H,14,18)(H,15,16). The van der Waals surface area contributed by atoms with Gasteiger partial charge in [0.1, 0.15) is 0 Å². The number of hydrogen-bond acceptors (Lipinski definition) is 4. The topological polar surface area (TPSA) is 101 Å². The minimum absolute atomic E-state index is 0.0257. The number of nitro benzene ring substituents is 1. The third-order valence-electron chi connectivity index (χ3n) is 2.75. The molecule has 0 saturated heterocycles. The molecule has 20 heavy (non-hydrogen) atoms. The number of rotatable bonds is 5. The van der Waals surface area contributed by atoms with Gasteiger partial charge in [0.05, 0.1) is 22.0 Å². The van der Waals surface area contributed by atoms with Gasteiger partial charge < -0.3 is 5.32 Å². The van der Waals surface area contributed by atoms with E-state index in [1.165, 1.54) is 19.2 Å². The fourth-order valence-corrected chi connectivity index (χ4v) is 1.85. The molecule has 1 heterocycles. The molecule has 0 unspecified atom stereocenters. The highest BCUT2D eigenvalue weighted by molar-refractivity contribution is 5.89. The van der Waals surface area contributed by atoms with Crippen molar-refractivity contribution >= 4 is 28.6 Å². The fraction of sp³-hybridized carbons (Fsp3) is 0.231. The summed E-state index contributed by atoms with van der Waals surface area (Å²) in [6.07, 6.45) is 5.75. The lowest BCUT2D eigenvalue weighted by Gasteiger charge is -1.98. The van der Waals surface area contributed by atoms with E-state index in [2.05, 4.69) is 15.5 Å². The Hall–Kier alpha value is -2.70. The van der Waals surface area contributed by atoms with Gasteiger partial charge >= 0.3 is 0 Å². The van der Waals surface area contributed by atoms with Crippen LogP contribution >= 0.6 is 0 Å². The lowest BCUT2D eigenvalue weighted by molar-refractivity contribution is -0.383. The van der Waals surface area contributed by atoms with E-state index in [1.807, 2.05) is 6.08 Å². The molecule has 104 valence electrons. The maximum atomic E-state index is 11.0. The first kappa shape index (κ1) is 13.7. The van der Waals surface area contributed by atoms with Crippen LogP contribution in [-0.2, 0) is 4.79 Å². The van der Waals surface area contributed by atoms with Gasteiger partial charge in [0.2, 0.25) is 5.91 Å². The summed E-state index contributed by atoms with van der Waals surface area (Å²) in [6.45, 7) is 2.00. The van der Waals surface area contributed by atoms with Crippen molar-refractivity contribution in [2.45, 2.75) is 13.3 Å². The van der Waals surface area contributed by atoms with Gasteiger partial charge in [-0.3, -0.25) is 20.0 Å². The van der Waals surface area contributed by atoms with Crippen molar-refractivity contribution < 1.29 is 9.72 Å². The smallest absolute Gasteiger partial charge is 0.280 e. The highest BCUT2D eigenvalue weighted by atomic mass is 16.6. The van der Waals surface area contributed by atoms with Crippen molar-refractivity contribution in [2.24, 2.45) is 0 Å². The molecule has 0 bridgehead atoms. The summed E-state index contributed by atoms with van der Waals surface area (Å²) >= 11 is 0. The Balaban J connectivity index is 2.16. The molecular weight excluding hydrogens is 260 g/mol. The molecule has 0 aliphatic heterocycles. The first-order valence-electron chi connectivity index (χ1n) is 6.10. The summed E-state index contributed by atoms with van der Waals surface area (Å²) in [5, 5.41) is 20.7. The van der Waals surface area contributed by atoms with E-state index in [9.17, 15) is 14.9 Å². The highest BCUT2D eigenvalue weighted by Crippen LogP contribution is 2.26. The molecule has 0 fully saturated rings. The average molecular weight is 274 g/mol. The van der Waals surface area contributed by atoms with Crippen LogP contribution in [0.3, 0.4) is 0 Å². The van der Waals surface area contributed by atoms with E-state index >= 15 is 0 Å². The van der Waals surface area contributed by atoms with Crippen LogP contribution in [0.4, 0.5) is 5.69 Å². The van der Waals surface area contributed by atoms with Gasteiger partial charge in [-0.25, -0.2) is 0 Å². The lowest BCUT2D eigenvalue weighted by Crippen LogP contribution is -2.20. The van der Waals surface area contributed by atoms with Crippen molar-refractivity contribution in [3.05, 3.63) is 40.1 Å². The molecule has 7 heteroatoms. The molecule has 0 atom stereocenters. The highest BCUT2D eigenvalue weighted by Gasteiger charge is 2.14. The van der Waals surface area contributed by atoms with Gasteiger partial charge in [-0.1, -0.05) is 12.2 Å². The SMILES string of the molecule is CC(=O)NCCC=Cc1cc([N+](=O)[O-])c2cn[nH]c2c1. The fourth-order valence-electron chi connectivity index (χ4n) is 1.85. The third kappa shape index (κ3) is 3.19. The molecule has 1 amide bonds. The van der Waals surface area contributed by atoms with Crippen LogP contribution in [0.1, 0.15) is 18.9 Å². The zero-order valence-corrected chi connectivity index (χ0v) is 10.9. The number of H-pyrrole nitrogens is 1. The number of nitro groups is 1. The molecule has 0 spiro atoms. The first-order valence-corrected chi connectivity index (χ1v) is 6.10. The second-order valence-corrected chi connectivity index (χ2v) is 4.30. The molecule has 0 aliphatic carbocycles. The number of non-ortho nitro benzene ring substituents is 1. The van der Waals surface area contributed by atoms with Crippen molar-refractivity contribution in [3.8, 4) is 0 Å². The molecule has 7 nitrogen and oxygen atoms in total. The Morgan fingerprint density at radius 2 is 2.35 bits per heavy atom. The number of amides is 1. The van der Waals surface area contributed by atoms with Crippen LogP contribution in [0, 0.1) is 10.1 Å². The van der Waals surface area contributed by atoms with Crippen LogP contribution < -0.4 is 5.32 Å². The second kappa shape index (κ2) is 5.96. The van der Waals surface area contributed by atoms with Gasteiger partial charge in [-0.2, -0.15) is 5.10 Å². The number of hydrogen-bond donors (Lipinski definition) is 2. The van der Waals surface area contributed by atoms with E-state index in [0.29, 0.717) is 23.9 Å². The van der Waals surface area contributed by atoms with Gasteiger partial charge in [0.25, 0.3) is 5.69 Å². The number of aromatic amines is 1. The summed E-state index contributed by atoms with van der Waals surface area (Å²) in [5.74, 6) is -0.0760. The zero-order chi connectivity index (χ0) is 14.5. The van der Waals surface area contributed by atoms with Gasteiger partial charge in [-0.05, 0) is 18.1 Å². The van der Waals surface area contributed by atoms with E-state index in [0.717, 1.165) is 5.56 Å². The van der Waals surface area contributed by atoms with E-state index in [4.69, 9.17) is 0 Å².